The number of rotatable bonds is 5. The number of piperidine rings is 1. The lowest BCUT2D eigenvalue weighted by Gasteiger charge is -2.38. The summed E-state index contributed by atoms with van der Waals surface area (Å²) in [6.07, 6.45) is 7.29. The van der Waals surface area contributed by atoms with Gasteiger partial charge in [0.15, 0.2) is 0 Å². The summed E-state index contributed by atoms with van der Waals surface area (Å²) in [6, 6.07) is 9.19. The monoisotopic (exact) mass is 371 g/mol. The van der Waals surface area contributed by atoms with Gasteiger partial charge in [0.1, 0.15) is 0 Å². The van der Waals surface area contributed by atoms with Gasteiger partial charge in [-0.05, 0) is 57.0 Å². The van der Waals surface area contributed by atoms with Gasteiger partial charge in [-0.15, -0.1) is 11.3 Å². The lowest BCUT2D eigenvalue weighted by molar-refractivity contribution is -0.0451. The second kappa shape index (κ2) is 7.77. The molecule has 2 aliphatic rings. The highest BCUT2D eigenvalue weighted by Crippen LogP contribution is 2.38. The van der Waals surface area contributed by atoms with Crippen LogP contribution in [-0.2, 0) is 17.8 Å². The molecule has 0 saturated carbocycles. The van der Waals surface area contributed by atoms with Gasteiger partial charge in [-0.2, -0.15) is 0 Å². The number of pyridine rings is 1. The molecule has 0 aromatic carbocycles. The molecule has 140 valence electrons. The van der Waals surface area contributed by atoms with Crippen molar-refractivity contribution in [3.8, 4) is 0 Å². The first kappa shape index (κ1) is 18.1. The van der Waals surface area contributed by atoms with Gasteiger partial charge in [0, 0.05) is 54.4 Å². The van der Waals surface area contributed by atoms with Crippen LogP contribution in [0.3, 0.4) is 0 Å². The number of nitrogens with zero attached hydrogens (tertiary/aromatic N) is 3. The van der Waals surface area contributed by atoms with Crippen LogP contribution in [0.25, 0.3) is 0 Å². The Bertz CT molecular complexity index is 709. The number of hydrogen-bond donors (Lipinski definition) is 0. The van der Waals surface area contributed by atoms with Crippen molar-refractivity contribution in [1.29, 1.82) is 0 Å². The third-order valence-electron chi connectivity index (χ3n) is 5.91. The first-order valence-corrected chi connectivity index (χ1v) is 10.4. The SMILES string of the molecule is Cc1ccc(CN2CCC3(CC2)C[C@@H](N(C)Cc2cccnc2)CO3)s1. The van der Waals surface area contributed by atoms with Gasteiger partial charge in [-0.1, -0.05) is 6.07 Å². The largest absolute Gasteiger partial charge is 0.373 e. The van der Waals surface area contributed by atoms with E-state index in [1.165, 1.54) is 15.3 Å². The van der Waals surface area contributed by atoms with E-state index in [1.54, 1.807) is 0 Å². The van der Waals surface area contributed by atoms with E-state index in [2.05, 4.69) is 47.0 Å². The molecular weight excluding hydrogens is 342 g/mol. The Hall–Kier alpha value is -1.27. The first-order valence-electron chi connectivity index (χ1n) is 9.63. The minimum Gasteiger partial charge on any atom is -0.373 e. The molecule has 0 unspecified atom stereocenters. The van der Waals surface area contributed by atoms with Crippen LogP contribution in [0.4, 0.5) is 0 Å². The third kappa shape index (κ3) is 4.17. The molecule has 5 heteroatoms. The number of ether oxygens (including phenoxy) is 1. The third-order valence-corrected chi connectivity index (χ3v) is 6.90. The Morgan fingerprint density at radius 2 is 2.15 bits per heavy atom. The highest BCUT2D eigenvalue weighted by atomic mass is 32.1. The number of likely N-dealkylation sites (N-methyl/N-ethyl adjacent to an activating group) is 1. The Labute approximate surface area is 160 Å². The van der Waals surface area contributed by atoms with Crippen molar-refractivity contribution >= 4 is 11.3 Å². The first-order chi connectivity index (χ1) is 12.6. The number of likely N-dealkylation sites (tertiary alicyclic amines) is 1. The maximum absolute atomic E-state index is 6.37. The van der Waals surface area contributed by atoms with Crippen molar-refractivity contribution in [2.24, 2.45) is 0 Å². The molecule has 4 rings (SSSR count). The second-order valence-electron chi connectivity index (χ2n) is 7.92. The molecule has 0 radical (unpaired) electrons. The van der Waals surface area contributed by atoms with Crippen molar-refractivity contribution in [1.82, 2.24) is 14.8 Å². The fourth-order valence-electron chi connectivity index (χ4n) is 4.27. The molecule has 26 heavy (non-hydrogen) atoms. The Morgan fingerprint density at radius 1 is 1.31 bits per heavy atom. The van der Waals surface area contributed by atoms with Gasteiger partial charge in [-0.3, -0.25) is 14.8 Å². The minimum atomic E-state index is 0.107. The summed E-state index contributed by atoms with van der Waals surface area (Å²) in [5.74, 6) is 0. The van der Waals surface area contributed by atoms with Gasteiger partial charge >= 0.3 is 0 Å². The molecule has 2 saturated heterocycles. The quantitative estimate of drug-likeness (QED) is 0.801. The zero-order valence-corrected chi connectivity index (χ0v) is 16.7. The van der Waals surface area contributed by atoms with Crippen LogP contribution in [0.2, 0.25) is 0 Å². The summed E-state index contributed by atoms with van der Waals surface area (Å²) in [5, 5.41) is 0. The minimum absolute atomic E-state index is 0.107. The number of aryl methyl sites for hydroxylation is 1. The fraction of sp³-hybridized carbons (Fsp3) is 0.571. The predicted octanol–water partition coefficient (Wildman–Crippen LogP) is 3.71. The lowest BCUT2D eigenvalue weighted by Crippen LogP contribution is -2.44. The fourth-order valence-corrected chi connectivity index (χ4v) is 5.20. The number of thiophene rings is 1. The smallest absolute Gasteiger partial charge is 0.0723 e. The summed E-state index contributed by atoms with van der Waals surface area (Å²) in [4.78, 5) is 12.2. The molecular formula is C21H29N3OS. The molecule has 0 amide bonds. The number of aromatic nitrogens is 1. The molecule has 2 fully saturated rings. The lowest BCUT2D eigenvalue weighted by atomic mass is 9.87. The summed E-state index contributed by atoms with van der Waals surface area (Å²) < 4.78 is 6.37. The Kier molecular flexibility index (Phi) is 5.41. The van der Waals surface area contributed by atoms with Crippen LogP contribution in [-0.4, -0.2) is 53.2 Å². The molecule has 4 nitrogen and oxygen atoms in total. The molecule has 2 aliphatic heterocycles. The number of hydrogen-bond acceptors (Lipinski definition) is 5. The van der Waals surface area contributed by atoms with Crippen molar-refractivity contribution < 1.29 is 4.74 Å². The molecule has 0 aliphatic carbocycles. The van der Waals surface area contributed by atoms with E-state index >= 15 is 0 Å². The molecule has 0 N–H and O–H groups in total. The summed E-state index contributed by atoms with van der Waals surface area (Å²) >= 11 is 1.93. The van der Waals surface area contributed by atoms with E-state index in [0.29, 0.717) is 6.04 Å². The maximum Gasteiger partial charge on any atom is 0.0723 e. The highest BCUT2D eigenvalue weighted by molar-refractivity contribution is 7.11. The molecule has 0 bridgehead atoms. The van der Waals surface area contributed by atoms with E-state index in [-0.39, 0.29) is 5.60 Å². The second-order valence-corrected chi connectivity index (χ2v) is 9.29. The van der Waals surface area contributed by atoms with E-state index in [4.69, 9.17) is 4.74 Å². The van der Waals surface area contributed by atoms with Crippen molar-refractivity contribution in [3.05, 3.63) is 52.0 Å². The molecule has 1 atom stereocenters. The maximum atomic E-state index is 6.37. The van der Waals surface area contributed by atoms with Crippen LogP contribution < -0.4 is 0 Å². The molecule has 4 heterocycles. The van der Waals surface area contributed by atoms with Gasteiger partial charge in [0.2, 0.25) is 0 Å². The van der Waals surface area contributed by atoms with Crippen LogP contribution in [0.15, 0.2) is 36.7 Å². The van der Waals surface area contributed by atoms with Crippen molar-refractivity contribution in [3.63, 3.8) is 0 Å². The van der Waals surface area contributed by atoms with Gasteiger partial charge in [-0.25, -0.2) is 0 Å². The van der Waals surface area contributed by atoms with Crippen molar-refractivity contribution in [2.75, 3.05) is 26.7 Å². The summed E-state index contributed by atoms with van der Waals surface area (Å²) in [7, 11) is 2.22. The average molecular weight is 372 g/mol. The zero-order chi connectivity index (χ0) is 18.0. The molecule has 2 aromatic rings. The summed E-state index contributed by atoms with van der Waals surface area (Å²) in [5.41, 5.74) is 1.38. The van der Waals surface area contributed by atoms with Crippen LogP contribution in [0, 0.1) is 6.92 Å². The topological polar surface area (TPSA) is 28.6 Å². The van der Waals surface area contributed by atoms with Crippen LogP contribution >= 0.6 is 11.3 Å². The Morgan fingerprint density at radius 3 is 2.85 bits per heavy atom. The van der Waals surface area contributed by atoms with E-state index < -0.39 is 0 Å². The predicted molar refractivity (Wildman–Crippen MR) is 106 cm³/mol. The van der Waals surface area contributed by atoms with E-state index in [0.717, 1.165) is 52.0 Å². The van der Waals surface area contributed by atoms with E-state index in [1.807, 2.05) is 29.8 Å². The molecule has 1 spiro atoms. The standard InChI is InChI=1S/C21H29N3OS/c1-17-5-6-20(26-17)15-24-10-7-21(8-11-24)12-19(16-25-21)23(2)14-18-4-3-9-22-13-18/h3-6,9,13,19H,7-8,10-12,14-16H2,1-2H3/t19-/m1/s1. The Balaban J connectivity index is 1.28. The van der Waals surface area contributed by atoms with Gasteiger partial charge < -0.3 is 4.74 Å². The van der Waals surface area contributed by atoms with Crippen LogP contribution in [0.1, 0.15) is 34.6 Å². The average Bonchev–Trinajstić information content (AvgIpc) is 3.25. The highest BCUT2D eigenvalue weighted by Gasteiger charge is 2.43. The normalized spacial score (nSPS) is 23.1. The van der Waals surface area contributed by atoms with E-state index in [9.17, 15) is 0 Å². The molecule has 2 aromatic heterocycles. The van der Waals surface area contributed by atoms with Gasteiger partial charge in [0.25, 0.3) is 0 Å². The zero-order valence-electron chi connectivity index (χ0n) is 15.9. The van der Waals surface area contributed by atoms with Crippen LogP contribution in [0.5, 0.6) is 0 Å². The van der Waals surface area contributed by atoms with Gasteiger partial charge in [0.05, 0.1) is 12.2 Å². The summed E-state index contributed by atoms with van der Waals surface area (Å²) in [6.45, 7) is 7.39. The van der Waals surface area contributed by atoms with Crippen molar-refractivity contribution in [2.45, 2.75) is 50.9 Å².